The van der Waals surface area contributed by atoms with Crippen molar-refractivity contribution in [3.8, 4) is 5.75 Å². The highest BCUT2D eigenvalue weighted by atomic mass is 19.3. The highest BCUT2D eigenvalue weighted by Gasteiger charge is 2.28. The molecule has 1 heterocycles. The van der Waals surface area contributed by atoms with Crippen LogP contribution in [0, 0.1) is 12.7 Å². The molecule has 1 N–H and O–H groups in total. The number of hydrogen-bond acceptors (Lipinski definition) is 3. The summed E-state index contributed by atoms with van der Waals surface area (Å²) in [6.45, 7) is 1.75. The van der Waals surface area contributed by atoms with Crippen LogP contribution < -0.4 is 10.1 Å². The van der Waals surface area contributed by atoms with Crippen molar-refractivity contribution < 1.29 is 22.7 Å². The number of amides is 1. The Morgan fingerprint density at radius 1 is 1.33 bits per heavy atom. The predicted molar refractivity (Wildman–Crippen MR) is 93.6 cm³/mol. The molecule has 0 radical (unpaired) electrons. The lowest BCUT2D eigenvalue weighted by atomic mass is 10.1. The number of halogens is 3. The van der Waals surface area contributed by atoms with Gasteiger partial charge in [0.2, 0.25) is 0 Å². The summed E-state index contributed by atoms with van der Waals surface area (Å²) in [7, 11) is 1.29. The Hall–Kier alpha value is -2.51. The Labute approximate surface area is 155 Å². The molecule has 1 aliphatic rings. The molecule has 2 aromatic rings. The lowest BCUT2D eigenvalue weighted by molar-refractivity contribution is 0.0742. The quantitative estimate of drug-likeness (QED) is 0.816. The van der Waals surface area contributed by atoms with E-state index in [4.69, 9.17) is 4.74 Å². The number of hydrogen-bond donors (Lipinski definition) is 1. The van der Waals surface area contributed by atoms with E-state index in [-0.39, 0.29) is 22.9 Å². The van der Waals surface area contributed by atoms with Crippen molar-refractivity contribution in [2.45, 2.75) is 51.1 Å². The summed E-state index contributed by atoms with van der Waals surface area (Å²) >= 11 is 0. The third kappa shape index (κ3) is 3.94. The zero-order valence-electron chi connectivity index (χ0n) is 15.2. The van der Waals surface area contributed by atoms with Crippen molar-refractivity contribution in [2.75, 3.05) is 7.11 Å². The first-order valence-corrected chi connectivity index (χ1v) is 8.89. The Kier molecular flexibility index (Phi) is 5.72. The summed E-state index contributed by atoms with van der Waals surface area (Å²) in [6.07, 6.45) is 2.72. The average molecular weight is 381 g/mol. The second-order valence-electron chi connectivity index (χ2n) is 6.71. The van der Waals surface area contributed by atoms with Gasteiger partial charge in [-0.05, 0) is 37.5 Å². The molecule has 0 aliphatic heterocycles. The van der Waals surface area contributed by atoms with Crippen LogP contribution in [-0.4, -0.2) is 29.2 Å². The van der Waals surface area contributed by atoms with Crippen LogP contribution >= 0.6 is 0 Å². The minimum atomic E-state index is -2.90. The molecule has 1 amide bonds. The summed E-state index contributed by atoms with van der Waals surface area (Å²) in [5.41, 5.74) is 0.868. The maximum Gasteiger partial charge on any atom is 0.262 e. The normalized spacial score (nSPS) is 15.9. The number of aromatic nitrogens is 2. The molecule has 3 rings (SSSR count). The zero-order valence-corrected chi connectivity index (χ0v) is 15.2. The van der Waals surface area contributed by atoms with Crippen LogP contribution in [0.2, 0.25) is 0 Å². The minimum absolute atomic E-state index is 0.0301. The smallest absolute Gasteiger partial charge is 0.262 e. The third-order valence-corrected chi connectivity index (χ3v) is 5.03. The van der Waals surface area contributed by atoms with Gasteiger partial charge in [-0.2, -0.15) is 5.10 Å². The van der Waals surface area contributed by atoms with Crippen molar-refractivity contribution in [3.63, 3.8) is 0 Å². The van der Waals surface area contributed by atoms with Crippen molar-refractivity contribution in [3.05, 3.63) is 47.0 Å². The molecule has 0 spiro atoms. The van der Waals surface area contributed by atoms with Gasteiger partial charge < -0.3 is 10.1 Å². The minimum Gasteiger partial charge on any atom is -0.494 e. The van der Waals surface area contributed by atoms with Crippen LogP contribution in [0.1, 0.15) is 59.4 Å². The van der Waals surface area contributed by atoms with E-state index in [2.05, 4.69) is 10.4 Å². The number of nitrogens with zero attached hydrogens (tertiary/aromatic N) is 2. The van der Waals surface area contributed by atoms with Crippen molar-refractivity contribution in [1.29, 1.82) is 0 Å². The van der Waals surface area contributed by atoms with Crippen molar-refractivity contribution in [2.24, 2.45) is 0 Å². The summed E-state index contributed by atoms with van der Waals surface area (Å²) in [4.78, 5) is 12.6. The van der Waals surface area contributed by atoms with E-state index < -0.39 is 24.2 Å². The Bertz CT molecular complexity index is 817. The van der Waals surface area contributed by atoms with Crippen LogP contribution in [0.15, 0.2) is 24.4 Å². The Balaban J connectivity index is 1.81. The molecule has 1 aliphatic carbocycles. The molecule has 0 bridgehead atoms. The monoisotopic (exact) mass is 381 g/mol. The highest BCUT2D eigenvalue weighted by molar-refractivity contribution is 5.95. The molecule has 1 aromatic heterocycles. The van der Waals surface area contributed by atoms with Gasteiger partial charge in [0, 0.05) is 5.69 Å². The Morgan fingerprint density at radius 3 is 2.63 bits per heavy atom. The third-order valence-electron chi connectivity index (χ3n) is 5.03. The van der Waals surface area contributed by atoms with E-state index in [9.17, 15) is 18.0 Å². The van der Waals surface area contributed by atoms with Gasteiger partial charge >= 0.3 is 0 Å². The first-order valence-electron chi connectivity index (χ1n) is 8.89. The fourth-order valence-corrected chi connectivity index (χ4v) is 3.55. The fraction of sp³-hybridized carbons (Fsp3) is 0.474. The SMILES string of the molecule is COc1ccc(C(NC(=O)c2cnn(C3CCCC3)c2C)C(F)F)cc1F. The van der Waals surface area contributed by atoms with Gasteiger partial charge in [-0.15, -0.1) is 0 Å². The van der Waals surface area contributed by atoms with Gasteiger partial charge in [0.15, 0.2) is 11.6 Å². The number of methoxy groups -OCH3 is 1. The van der Waals surface area contributed by atoms with E-state index in [1.807, 2.05) is 0 Å². The van der Waals surface area contributed by atoms with Crippen LogP contribution in [-0.2, 0) is 0 Å². The lowest BCUT2D eigenvalue weighted by Crippen LogP contribution is -2.33. The van der Waals surface area contributed by atoms with Crippen LogP contribution in [0.5, 0.6) is 5.75 Å². The number of rotatable bonds is 6. The molecule has 146 valence electrons. The molecule has 5 nitrogen and oxygen atoms in total. The molecule has 8 heteroatoms. The van der Waals surface area contributed by atoms with Gasteiger partial charge in [0.1, 0.15) is 6.04 Å². The number of carbonyl (C=O) groups is 1. The van der Waals surface area contributed by atoms with Crippen LogP contribution in [0.25, 0.3) is 0 Å². The second kappa shape index (κ2) is 8.02. The van der Waals surface area contributed by atoms with Crippen LogP contribution in [0.4, 0.5) is 13.2 Å². The van der Waals surface area contributed by atoms with E-state index >= 15 is 0 Å². The number of alkyl halides is 2. The molecule has 1 aromatic carbocycles. The predicted octanol–water partition coefficient (Wildman–Crippen LogP) is 4.19. The maximum absolute atomic E-state index is 13.9. The topological polar surface area (TPSA) is 56.1 Å². The molecule has 27 heavy (non-hydrogen) atoms. The zero-order chi connectivity index (χ0) is 19.6. The van der Waals surface area contributed by atoms with Gasteiger partial charge in [-0.25, -0.2) is 13.2 Å². The molecular weight excluding hydrogens is 359 g/mol. The maximum atomic E-state index is 13.9. The lowest BCUT2D eigenvalue weighted by Gasteiger charge is -2.19. The summed E-state index contributed by atoms with van der Waals surface area (Å²) in [6, 6.07) is 2.13. The first-order chi connectivity index (χ1) is 12.9. The van der Waals surface area contributed by atoms with E-state index in [0.717, 1.165) is 31.7 Å². The molecule has 1 unspecified atom stereocenters. The summed E-state index contributed by atoms with van der Waals surface area (Å²) < 4.78 is 47.5. The largest absolute Gasteiger partial charge is 0.494 e. The number of benzene rings is 1. The van der Waals surface area contributed by atoms with Gasteiger partial charge in [-0.3, -0.25) is 9.48 Å². The first kappa shape index (κ1) is 19.3. The average Bonchev–Trinajstić information content (AvgIpc) is 3.28. The van der Waals surface area contributed by atoms with Gasteiger partial charge in [0.05, 0.1) is 24.9 Å². The van der Waals surface area contributed by atoms with E-state index in [1.54, 1.807) is 11.6 Å². The molecule has 1 fully saturated rings. The molecule has 1 atom stereocenters. The molecular formula is C19H22F3N3O2. The van der Waals surface area contributed by atoms with Crippen molar-refractivity contribution in [1.82, 2.24) is 15.1 Å². The summed E-state index contributed by atoms with van der Waals surface area (Å²) in [5.74, 6) is -1.47. The Morgan fingerprint density at radius 2 is 2.04 bits per heavy atom. The number of carbonyl (C=O) groups excluding carboxylic acids is 1. The number of nitrogens with one attached hydrogen (secondary N) is 1. The summed E-state index contributed by atoms with van der Waals surface area (Å²) in [5, 5.41) is 6.58. The van der Waals surface area contributed by atoms with E-state index in [0.29, 0.717) is 5.69 Å². The fourth-order valence-electron chi connectivity index (χ4n) is 3.55. The highest BCUT2D eigenvalue weighted by Crippen LogP contribution is 2.31. The van der Waals surface area contributed by atoms with Gasteiger partial charge in [0.25, 0.3) is 12.3 Å². The second-order valence-corrected chi connectivity index (χ2v) is 6.71. The number of ether oxygens (including phenoxy) is 1. The molecule has 0 saturated heterocycles. The van der Waals surface area contributed by atoms with Crippen molar-refractivity contribution >= 4 is 5.91 Å². The standard InChI is InChI=1S/C19H22F3N3O2/c1-11-14(10-23-25(11)13-5-3-4-6-13)19(26)24-17(18(21)22)12-7-8-16(27-2)15(20)9-12/h7-10,13,17-18H,3-6H2,1-2H3,(H,24,26). The van der Waals surface area contributed by atoms with Crippen LogP contribution in [0.3, 0.4) is 0 Å². The van der Waals surface area contributed by atoms with Gasteiger partial charge in [-0.1, -0.05) is 18.9 Å². The van der Waals surface area contributed by atoms with E-state index in [1.165, 1.54) is 25.4 Å². The molecule has 1 saturated carbocycles.